The maximum absolute atomic E-state index is 12.4. The fourth-order valence-corrected chi connectivity index (χ4v) is 2.56. The molecule has 0 aromatic heterocycles. The zero-order chi connectivity index (χ0) is 15.6. The van der Waals surface area contributed by atoms with Gasteiger partial charge in [0.05, 0.1) is 5.56 Å². The van der Waals surface area contributed by atoms with Gasteiger partial charge < -0.3 is 15.3 Å². The molecule has 2 N–H and O–H groups in total. The van der Waals surface area contributed by atoms with Gasteiger partial charge in [-0.2, -0.15) is 0 Å². The van der Waals surface area contributed by atoms with Crippen LogP contribution in [-0.4, -0.2) is 34.6 Å². The predicted molar refractivity (Wildman–Crippen MR) is 84.7 cm³/mol. The molecule has 1 aromatic carbocycles. The Kier molecular flexibility index (Phi) is 4.88. The Morgan fingerprint density at radius 2 is 2.10 bits per heavy atom. The highest BCUT2D eigenvalue weighted by Gasteiger charge is 2.32. The molecule has 5 nitrogen and oxygen atoms in total. The molecule has 21 heavy (non-hydrogen) atoms. The molecular formula is C15H19BrN2O3. The van der Waals surface area contributed by atoms with Crippen molar-refractivity contribution in [2.24, 2.45) is 5.92 Å². The quantitative estimate of drug-likeness (QED) is 0.844. The maximum atomic E-state index is 12.4. The van der Waals surface area contributed by atoms with E-state index in [-0.39, 0.29) is 11.6 Å². The van der Waals surface area contributed by atoms with Crippen molar-refractivity contribution in [1.29, 1.82) is 0 Å². The number of urea groups is 1. The maximum Gasteiger partial charge on any atom is 0.336 e. The van der Waals surface area contributed by atoms with Crippen LogP contribution < -0.4 is 5.32 Å². The zero-order valence-corrected chi connectivity index (χ0v) is 13.7. The van der Waals surface area contributed by atoms with Crippen LogP contribution in [0.1, 0.15) is 37.0 Å². The lowest BCUT2D eigenvalue weighted by Gasteiger charge is -2.24. The second kappa shape index (κ2) is 6.47. The van der Waals surface area contributed by atoms with Crippen molar-refractivity contribution in [2.75, 3.05) is 11.9 Å². The molecule has 1 aliphatic rings. The van der Waals surface area contributed by atoms with E-state index in [0.717, 1.165) is 12.8 Å². The summed E-state index contributed by atoms with van der Waals surface area (Å²) in [6.45, 7) is 4.86. The molecule has 1 fully saturated rings. The second-order valence-electron chi connectivity index (χ2n) is 5.71. The van der Waals surface area contributed by atoms with E-state index in [1.54, 1.807) is 12.1 Å². The van der Waals surface area contributed by atoms with Crippen LogP contribution in [-0.2, 0) is 0 Å². The number of amides is 2. The molecule has 1 aliphatic carbocycles. The number of nitrogens with one attached hydrogen (secondary N) is 1. The summed E-state index contributed by atoms with van der Waals surface area (Å²) in [4.78, 5) is 25.3. The second-order valence-corrected chi connectivity index (χ2v) is 6.56. The standard InChI is InChI=1S/C15H19BrN2O3/c1-9(2)8-18(11-4-5-11)15(21)17-10-3-6-13(16)12(7-10)14(19)20/h3,6-7,9,11H,4-5,8H2,1-2H3,(H,17,21)(H,19,20). The molecular weight excluding hydrogens is 336 g/mol. The Morgan fingerprint density at radius 1 is 1.43 bits per heavy atom. The van der Waals surface area contributed by atoms with E-state index in [1.165, 1.54) is 6.07 Å². The van der Waals surface area contributed by atoms with Crippen LogP contribution in [0.5, 0.6) is 0 Å². The minimum absolute atomic E-state index is 0.134. The molecule has 0 unspecified atom stereocenters. The number of rotatable bonds is 5. The molecule has 0 heterocycles. The van der Waals surface area contributed by atoms with E-state index >= 15 is 0 Å². The minimum Gasteiger partial charge on any atom is -0.478 e. The van der Waals surface area contributed by atoms with Crippen molar-refractivity contribution in [3.8, 4) is 0 Å². The highest BCUT2D eigenvalue weighted by molar-refractivity contribution is 9.10. The fraction of sp³-hybridized carbons (Fsp3) is 0.467. The molecule has 0 atom stereocenters. The van der Waals surface area contributed by atoms with Crippen molar-refractivity contribution in [3.63, 3.8) is 0 Å². The average molecular weight is 355 g/mol. The Hall–Kier alpha value is -1.56. The van der Waals surface area contributed by atoms with Gasteiger partial charge in [0.25, 0.3) is 0 Å². The predicted octanol–water partition coefficient (Wildman–Crippen LogP) is 3.80. The number of aromatic carboxylic acids is 1. The van der Waals surface area contributed by atoms with Gasteiger partial charge in [-0.15, -0.1) is 0 Å². The van der Waals surface area contributed by atoms with E-state index in [4.69, 9.17) is 5.11 Å². The Balaban J connectivity index is 2.11. The van der Waals surface area contributed by atoms with E-state index < -0.39 is 5.97 Å². The summed E-state index contributed by atoms with van der Waals surface area (Å²) in [5, 5.41) is 11.9. The van der Waals surface area contributed by atoms with Gasteiger partial charge >= 0.3 is 12.0 Å². The number of carboxylic acid groups (broad SMARTS) is 1. The van der Waals surface area contributed by atoms with Crippen molar-refractivity contribution < 1.29 is 14.7 Å². The van der Waals surface area contributed by atoms with Crippen molar-refractivity contribution >= 4 is 33.6 Å². The number of anilines is 1. The van der Waals surface area contributed by atoms with E-state index in [9.17, 15) is 9.59 Å². The van der Waals surface area contributed by atoms with E-state index in [1.807, 2.05) is 4.90 Å². The summed E-state index contributed by atoms with van der Waals surface area (Å²) in [6.07, 6.45) is 2.09. The van der Waals surface area contributed by atoms with Crippen LogP contribution in [0, 0.1) is 5.92 Å². The monoisotopic (exact) mass is 354 g/mol. The summed E-state index contributed by atoms with van der Waals surface area (Å²) < 4.78 is 0.495. The fourth-order valence-electron chi connectivity index (χ4n) is 2.14. The van der Waals surface area contributed by atoms with Gasteiger partial charge in [0.1, 0.15) is 0 Å². The summed E-state index contributed by atoms with van der Waals surface area (Å²) in [7, 11) is 0. The lowest BCUT2D eigenvalue weighted by molar-refractivity contribution is 0.0696. The first-order valence-corrected chi connectivity index (χ1v) is 7.78. The Bertz CT molecular complexity index is 556. The minimum atomic E-state index is -1.03. The average Bonchev–Trinajstić information content (AvgIpc) is 3.22. The normalized spacial score (nSPS) is 14.1. The van der Waals surface area contributed by atoms with Gasteiger partial charge in [0, 0.05) is 22.7 Å². The summed E-state index contributed by atoms with van der Waals surface area (Å²) in [5.41, 5.74) is 0.629. The highest BCUT2D eigenvalue weighted by Crippen LogP contribution is 2.28. The molecule has 0 spiro atoms. The molecule has 0 bridgehead atoms. The first-order chi connectivity index (χ1) is 9.88. The number of benzene rings is 1. The third-order valence-electron chi connectivity index (χ3n) is 3.26. The first kappa shape index (κ1) is 15.8. The van der Waals surface area contributed by atoms with Gasteiger partial charge in [-0.05, 0) is 52.9 Å². The smallest absolute Gasteiger partial charge is 0.336 e. The molecule has 1 aromatic rings. The number of halogens is 1. The highest BCUT2D eigenvalue weighted by atomic mass is 79.9. The molecule has 6 heteroatoms. The molecule has 1 saturated carbocycles. The third-order valence-corrected chi connectivity index (χ3v) is 3.95. The summed E-state index contributed by atoms with van der Waals surface area (Å²) in [5.74, 6) is -0.630. The van der Waals surface area contributed by atoms with Crippen molar-refractivity contribution in [2.45, 2.75) is 32.7 Å². The van der Waals surface area contributed by atoms with Gasteiger partial charge in [0.15, 0.2) is 0 Å². The number of hydrogen-bond donors (Lipinski definition) is 2. The van der Waals surface area contributed by atoms with Crippen LogP contribution in [0.15, 0.2) is 22.7 Å². The van der Waals surface area contributed by atoms with Crippen molar-refractivity contribution in [1.82, 2.24) is 4.90 Å². The number of nitrogens with zero attached hydrogens (tertiary/aromatic N) is 1. The number of hydrogen-bond acceptors (Lipinski definition) is 2. The lowest BCUT2D eigenvalue weighted by Crippen LogP contribution is -2.39. The number of carbonyl (C=O) groups is 2. The zero-order valence-electron chi connectivity index (χ0n) is 12.1. The van der Waals surface area contributed by atoms with Crippen LogP contribution in [0.4, 0.5) is 10.5 Å². The molecule has 2 amide bonds. The molecule has 0 radical (unpaired) electrons. The van der Waals surface area contributed by atoms with Gasteiger partial charge in [-0.3, -0.25) is 0 Å². The van der Waals surface area contributed by atoms with Crippen LogP contribution >= 0.6 is 15.9 Å². The third kappa shape index (κ3) is 4.20. The topological polar surface area (TPSA) is 69.6 Å². The molecule has 0 saturated heterocycles. The molecule has 0 aliphatic heterocycles. The first-order valence-electron chi connectivity index (χ1n) is 6.99. The van der Waals surface area contributed by atoms with Gasteiger partial charge in [0.2, 0.25) is 0 Å². The SMILES string of the molecule is CC(C)CN(C(=O)Nc1ccc(Br)c(C(=O)O)c1)C1CC1. The summed E-state index contributed by atoms with van der Waals surface area (Å²) >= 11 is 3.19. The number of carboxylic acids is 1. The number of carbonyl (C=O) groups excluding carboxylic acids is 1. The van der Waals surface area contributed by atoms with Crippen LogP contribution in [0.25, 0.3) is 0 Å². The van der Waals surface area contributed by atoms with Crippen LogP contribution in [0.2, 0.25) is 0 Å². The lowest BCUT2D eigenvalue weighted by atomic mass is 10.2. The Labute approximate surface area is 132 Å². The largest absolute Gasteiger partial charge is 0.478 e. The Morgan fingerprint density at radius 3 is 2.62 bits per heavy atom. The summed E-state index contributed by atoms with van der Waals surface area (Å²) in [6, 6.07) is 4.94. The molecule has 2 rings (SSSR count). The van der Waals surface area contributed by atoms with Gasteiger partial charge in [-0.1, -0.05) is 13.8 Å². The van der Waals surface area contributed by atoms with Crippen molar-refractivity contribution in [3.05, 3.63) is 28.2 Å². The van der Waals surface area contributed by atoms with Crippen LogP contribution in [0.3, 0.4) is 0 Å². The van der Waals surface area contributed by atoms with Gasteiger partial charge in [-0.25, -0.2) is 9.59 Å². The molecule has 114 valence electrons. The van der Waals surface area contributed by atoms with E-state index in [2.05, 4.69) is 35.1 Å². The van der Waals surface area contributed by atoms with E-state index in [0.29, 0.717) is 28.7 Å².